The fourth-order valence-corrected chi connectivity index (χ4v) is 3.74. The molecule has 1 amide bonds. The Morgan fingerprint density at radius 3 is 2.58 bits per heavy atom. The summed E-state index contributed by atoms with van der Waals surface area (Å²) in [7, 11) is 3.55. The number of hydrogen-bond acceptors (Lipinski definition) is 4. The minimum absolute atomic E-state index is 0. The van der Waals surface area contributed by atoms with Gasteiger partial charge in [-0.2, -0.15) is 0 Å². The van der Waals surface area contributed by atoms with Gasteiger partial charge >= 0.3 is 0 Å². The van der Waals surface area contributed by atoms with E-state index in [2.05, 4.69) is 42.4 Å². The molecule has 2 N–H and O–H groups in total. The SMILES string of the molecule is CCNC(=NCCCN1CC(C)OC(C)C1)NCCc1cccc(C(=O)N(C)C)c1.I. The molecule has 176 valence electrons. The van der Waals surface area contributed by atoms with Crippen LogP contribution in [-0.4, -0.2) is 87.2 Å². The monoisotopic (exact) mass is 545 g/mol. The van der Waals surface area contributed by atoms with E-state index in [1.807, 2.05) is 18.2 Å². The lowest BCUT2D eigenvalue weighted by Gasteiger charge is -2.35. The molecule has 2 rings (SSSR count). The summed E-state index contributed by atoms with van der Waals surface area (Å²) in [4.78, 5) is 20.9. The Labute approximate surface area is 205 Å². The maximum atomic E-state index is 12.1. The highest BCUT2D eigenvalue weighted by Crippen LogP contribution is 2.11. The van der Waals surface area contributed by atoms with Gasteiger partial charge in [-0.25, -0.2) is 0 Å². The lowest BCUT2D eigenvalue weighted by molar-refractivity contribution is -0.0679. The van der Waals surface area contributed by atoms with Crippen LogP contribution in [0.2, 0.25) is 0 Å². The van der Waals surface area contributed by atoms with Crippen LogP contribution in [0.5, 0.6) is 0 Å². The Hall–Kier alpha value is -1.39. The van der Waals surface area contributed by atoms with E-state index < -0.39 is 0 Å². The number of halogens is 1. The van der Waals surface area contributed by atoms with Crippen LogP contribution in [-0.2, 0) is 11.2 Å². The molecule has 0 bridgehead atoms. The summed E-state index contributed by atoms with van der Waals surface area (Å²) < 4.78 is 5.80. The van der Waals surface area contributed by atoms with Crippen molar-refractivity contribution >= 4 is 35.8 Å². The van der Waals surface area contributed by atoms with Gasteiger partial charge in [0.2, 0.25) is 0 Å². The normalized spacial score (nSPS) is 19.5. The van der Waals surface area contributed by atoms with Crippen LogP contribution in [0.25, 0.3) is 0 Å². The number of morpholine rings is 1. The average molecular weight is 546 g/mol. The van der Waals surface area contributed by atoms with E-state index in [1.165, 1.54) is 0 Å². The second-order valence-electron chi connectivity index (χ2n) is 8.21. The number of nitrogens with one attached hydrogen (secondary N) is 2. The fraction of sp³-hybridized carbons (Fsp3) is 0.652. The molecule has 1 fully saturated rings. The van der Waals surface area contributed by atoms with Crippen LogP contribution in [0.4, 0.5) is 0 Å². The van der Waals surface area contributed by atoms with Crippen molar-refractivity contribution in [1.82, 2.24) is 20.4 Å². The minimum atomic E-state index is 0. The maximum Gasteiger partial charge on any atom is 0.253 e. The lowest BCUT2D eigenvalue weighted by Crippen LogP contribution is -2.45. The summed E-state index contributed by atoms with van der Waals surface area (Å²) in [5, 5.41) is 6.71. The van der Waals surface area contributed by atoms with Crippen molar-refractivity contribution in [2.24, 2.45) is 4.99 Å². The minimum Gasteiger partial charge on any atom is -0.373 e. The predicted octanol–water partition coefficient (Wildman–Crippen LogP) is 2.60. The molecular formula is C23H40IN5O2. The second kappa shape index (κ2) is 14.6. The van der Waals surface area contributed by atoms with Gasteiger partial charge in [-0.15, -0.1) is 24.0 Å². The van der Waals surface area contributed by atoms with Crippen LogP contribution >= 0.6 is 24.0 Å². The Morgan fingerprint density at radius 2 is 1.94 bits per heavy atom. The van der Waals surface area contributed by atoms with Gasteiger partial charge in [0.15, 0.2) is 5.96 Å². The molecular weight excluding hydrogens is 505 g/mol. The summed E-state index contributed by atoms with van der Waals surface area (Å²) in [5.41, 5.74) is 1.87. The van der Waals surface area contributed by atoms with Crippen molar-refractivity contribution in [3.05, 3.63) is 35.4 Å². The van der Waals surface area contributed by atoms with E-state index in [-0.39, 0.29) is 29.9 Å². The highest BCUT2D eigenvalue weighted by Gasteiger charge is 2.21. The van der Waals surface area contributed by atoms with Gasteiger partial charge in [0.05, 0.1) is 12.2 Å². The van der Waals surface area contributed by atoms with Gasteiger partial charge in [0.25, 0.3) is 5.91 Å². The molecule has 7 nitrogen and oxygen atoms in total. The molecule has 8 heteroatoms. The number of benzene rings is 1. The molecule has 1 heterocycles. The van der Waals surface area contributed by atoms with E-state index in [0.717, 1.165) is 69.2 Å². The van der Waals surface area contributed by atoms with Crippen molar-refractivity contribution in [3.8, 4) is 0 Å². The van der Waals surface area contributed by atoms with Gasteiger partial charge in [0, 0.05) is 58.9 Å². The predicted molar refractivity (Wildman–Crippen MR) is 139 cm³/mol. The highest BCUT2D eigenvalue weighted by molar-refractivity contribution is 14.0. The topological polar surface area (TPSA) is 69.2 Å². The van der Waals surface area contributed by atoms with Gasteiger partial charge in [-0.1, -0.05) is 12.1 Å². The van der Waals surface area contributed by atoms with E-state index in [4.69, 9.17) is 9.73 Å². The number of amides is 1. The van der Waals surface area contributed by atoms with E-state index in [1.54, 1.807) is 19.0 Å². The first-order valence-electron chi connectivity index (χ1n) is 11.1. The van der Waals surface area contributed by atoms with Crippen LogP contribution in [0, 0.1) is 0 Å². The molecule has 1 aromatic carbocycles. The smallest absolute Gasteiger partial charge is 0.253 e. The molecule has 1 saturated heterocycles. The van der Waals surface area contributed by atoms with Crippen molar-refractivity contribution in [3.63, 3.8) is 0 Å². The number of hydrogen-bond donors (Lipinski definition) is 2. The Balaban J connectivity index is 0.00000480. The van der Waals surface area contributed by atoms with Crippen molar-refractivity contribution in [2.75, 3.05) is 53.4 Å². The molecule has 0 radical (unpaired) electrons. The first-order chi connectivity index (χ1) is 14.4. The zero-order valence-corrected chi connectivity index (χ0v) is 22.0. The van der Waals surface area contributed by atoms with E-state index >= 15 is 0 Å². The summed E-state index contributed by atoms with van der Waals surface area (Å²) in [6, 6.07) is 7.83. The van der Waals surface area contributed by atoms with Crippen LogP contribution in [0.3, 0.4) is 0 Å². The van der Waals surface area contributed by atoms with Crippen LogP contribution in [0.15, 0.2) is 29.3 Å². The second-order valence-corrected chi connectivity index (χ2v) is 8.21. The zero-order valence-electron chi connectivity index (χ0n) is 19.7. The Kier molecular flexibility index (Phi) is 13.0. The molecule has 1 aliphatic heterocycles. The largest absolute Gasteiger partial charge is 0.373 e. The molecule has 31 heavy (non-hydrogen) atoms. The highest BCUT2D eigenvalue weighted by atomic mass is 127. The standard InChI is InChI=1S/C23H39N5O2.HI/c1-6-24-23(25-12-8-14-28-16-18(2)30-19(3)17-28)26-13-11-20-9-7-10-21(15-20)22(29)27(4)5;/h7,9-10,15,18-19H,6,8,11-14,16-17H2,1-5H3,(H2,24,25,26);1H. The van der Waals surface area contributed by atoms with Crippen LogP contribution in [0.1, 0.15) is 43.1 Å². The third-order valence-corrected chi connectivity index (χ3v) is 5.03. The first kappa shape index (κ1) is 27.6. The third-order valence-electron chi connectivity index (χ3n) is 5.03. The number of aliphatic imine (C=N–C) groups is 1. The molecule has 2 atom stereocenters. The lowest BCUT2D eigenvalue weighted by atomic mass is 10.1. The van der Waals surface area contributed by atoms with E-state index in [9.17, 15) is 4.79 Å². The van der Waals surface area contributed by atoms with Gasteiger partial charge in [-0.05, 0) is 51.3 Å². The number of nitrogens with zero attached hydrogens (tertiary/aromatic N) is 3. The first-order valence-corrected chi connectivity index (χ1v) is 11.1. The fourth-order valence-electron chi connectivity index (χ4n) is 3.74. The molecule has 0 aliphatic carbocycles. The van der Waals surface area contributed by atoms with Crippen molar-refractivity contribution in [2.45, 2.75) is 45.8 Å². The number of ether oxygens (including phenoxy) is 1. The average Bonchev–Trinajstić information content (AvgIpc) is 2.70. The number of carbonyl (C=O) groups is 1. The summed E-state index contributed by atoms with van der Waals surface area (Å²) in [6.45, 7) is 11.8. The molecule has 0 spiro atoms. The Bertz CT molecular complexity index is 688. The third kappa shape index (κ3) is 10.2. The quantitative estimate of drug-likeness (QED) is 0.216. The van der Waals surface area contributed by atoms with Crippen molar-refractivity contribution in [1.29, 1.82) is 0 Å². The zero-order chi connectivity index (χ0) is 21.9. The van der Waals surface area contributed by atoms with Gasteiger partial charge < -0.3 is 20.3 Å². The summed E-state index contributed by atoms with van der Waals surface area (Å²) >= 11 is 0. The molecule has 0 aromatic heterocycles. The molecule has 1 aromatic rings. The Morgan fingerprint density at radius 1 is 1.23 bits per heavy atom. The van der Waals surface area contributed by atoms with E-state index in [0.29, 0.717) is 12.2 Å². The van der Waals surface area contributed by atoms with Gasteiger partial charge in [0.1, 0.15) is 0 Å². The molecule has 2 unspecified atom stereocenters. The summed E-state index contributed by atoms with van der Waals surface area (Å²) in [6.07, 6.45) is 2.48. The van der Waals surface area contributed by atoms with Crippen molar-refractivity contribution < 1.29 is 9.53 Å². The molecule has 1 aliphatic rings. The number of rotatable bonds is 9. The molecule has 0 saturated carbocycles. The number of carbonyl (C=O) groups excluding carboxylic acids is 1. The maximum absolute atomic E-state index is 12.1. The number of guanidine groups is 1. The van der Waals surface area contributed by atoms with Crippen LogP contribution < -0.4 is 10.6 Å². The summed E-state index contributed by atoms with van der Waals surface area (Å²) in [5.74, 6) is 0.880. The van der Waals surface area contributed by atoms with Gasteiger partial charge in [-0.3, -0.25) is 14.7 Å².